The summed E-state index contributed by atoms with van der Waals surface area (Å²) in [6, 6.07) is 4.63. The molecule has 9 heteroatoms. The largest absolute Gasteiger partial charge is 0.443 e. The van der Waals surface area contributed by atoms with Gasteiger partial charge in [0, 0.05) is 5.02 Å². The predicted octanol–water partition coefficient (Wildman–Crippen LogP) is 2.56. The van der Waals surface area contributed by atoms with E-state index in [1.54, 1.807) is 26.8 Å². The van der Waals surface area contributed by atoms with Gasteiger partial charge in [0.1, 0.15) is 5.60 Å². The van der Waals surface area contributed by atoms with Gasteiger partial charge in [-0.1, -0.05) is 11.6 Å². The summed E-state index contributed by atoms with van der Waals surface area (Å²) in [7, 11) is -4.11. The molecule has 24 heavy (non-hydrogen) atoms. The fourth-order valence-corrected chi connectivity index (χ4v) is 3.82. The molecule has 1 atom stereocenters. The molecule has 0 heterocycles. The Labute approximate surface area is 146 Å². The number of nitrogens with one attached hydrogen (secondary N) is 2. The molecule has 0 bridgehead atoms. The molecule has 1 aliphatic carbocycles. The van der Waals surface area contributed by atoms with Crippen molar-refractivity contribution in [1.29, 1.82) is 5.26 Å². The lowest BCUT2D eigenvalue weighted by Gasteiger charge is -2.21. The highest BCUT2D eigenvalue weighted by Gasteiger charge is 2.30. The van der Waals surface area contributed by atoms with E-state index in [0.29, 0.717) is 29.0 Å². The van der Waals surface area contributed by atoms with Crippen LogP contribution < -0.4 is 9.44 Å². The lowest BCUT2D eigenvalue weighted by Crippen LogP contribution is -2.43. The third kappa shape index (κ3) is 4.60. The first-order valence-electron chi connectivity index (χ1n) is 7.26. The van der Waals surface area contributed by atoms with E-state index in [4.69, 9.17) is 21.6 Å². The van der Waals surface area contributed by atoms with Gasteiger partial charge < -0.3 is 4.74 Å². The maximum atomic E-state index is 12.1. The average Bonchev–Trinajstić information content (AvgIpc) is 2.78. The summed E-state index contributed by atoms with van der Waals surface area (Å²) in [5, 5.41) is 9.28. The van der Waals surface area contributed by atoms with Crippen LogP contribution in [0.2, 0.25) is 5.02 Å². The van der Waals surface area contributed by atoms with Gasteiger partial charge in [0.05, 0.1) is 17.7 Å². The number of benzene rings is 1. The number of rotatable bonds is 3. The van der Waals surface area contributed by atoms with Gasteiger partial charge >= 0.3 is 16.3 Å². The topological polar surface area (TPSA) is 108 Å². The van der Waals surface area contributed by atoms with Crippen LogP contribution in [0.1, 0.15) is 49.9 Å². The van der Waals surface area contributed by atoms with Crippen molar-refractivity contribution >= 4 is 27.9 Å². The Bertz CT molecular complexity index is 809. The molecule has 1 unspecified atom stereocenters. The van der Waals surface area contributed by atoms with E-state index in [1.807, 2.05) is 10.8 Å². The van der Waals surface area contributed by atoms with E-state index in [1.165, 1.54) is 6.07 Å². The number of ether oxygens (including phenoxy) is 1. The Morgan fingerprint density at radius 1 is 1.42 bits per heavy atom. The highest BCUT2D eigenvalue weighted by Crippen LogP contribution is 2.37. The number of carbonyl (C=O) groups is 1. The van der Waals surface area contributed by atoms with Crippen molar-refractivity contribution in [1.82, 2.24) is 9.44 Å². The summed E-state index contributed by atoms with van der Waals surface area (Å²) in [5.41, 5.74) is 1.07. The number of nitriles is 1. The fourth-order valence-electron chi connectivity index (χ4n) is 2.52. The van der Waals surface area contributed by atoms with Crippen molar-refractivity contribution in [3.05, 3.63) is 33.8 Å². The number of halogens is 1. The molecular formula is C15H18ClN3O4S. The van der Waals surface area contributed by atoms with Gasteiger partial charge in [-0.05, 0) is 56.9 Å². The molecule has 0 spiro atoms. The van der Waals surface area contributed by atoms with Gasteiger partial charge in [0.15, 0.2) is 0 Å². The van der Waals surface area contributed by atoms with E-state index < -0.39 is 27.9 Å². The maximum absolute atomic E-state index is 12.1. The van der Waals surface area contributed by atoms with E-state index in [9.17, 15) is 13.2 Å². The normalized spacial score (nSPS) is 17.0. The highest BCUT2D eigenvalue weighted by atomic mass is 35.5. The summed E-state index contributed by atoms with van der Waals surface area (Å²) in [4.78, 5) is 11.6. The van der Waals surface area contributed by atoms with E-state index in [0.717, 1.165) is 5.56 Å². The van der Waals surface area contributed by atoms with E-state index in [2.05, 4.69) is 4.72 Å². The lowest BCUT2D eigenvalue weighted by molar-refractivity contribution is 0.0569. The van der Waals surface area contributed by atoms with Crippen molar-refractivity contribution < 1.29 is 17.9 Å². The zero-order chi connectivity index (χ0) is 18.1. The molecule has 0 radical (unpaired) electrons. The van der Waals surface area contributed by atoms with Crippen LogP contribution in [0, 0.1) is 11.3 Å². The van der Waals surface area contributed by atoms with Crippen LogP contribution in [-0.2, 0) is 21.4 Å². The number of fused-ring (bicyclic) bond motifs is 1. The molecule has 0 saturated heterocycles. The maximum Gasteiger partial charge on any atom is 0.422 e. The molecule has 2 N–H and O–H groups in total. The molecule has 1 aliphatic rings. The van der Waals surface area contributed by atoms with Crippen LogP contribution in [0.25, 0.3) is 0 Å². The number of hydrogen-bond donors (Lipinski definition) is 2. The molecule has 7 nitrogen and oxygen atoms in total. The zero-order valence-corrected chi connectivity index (χ0v) is 15.1. The smallest absolute Gasteiger partial charge is 0.422 e. The van der Waals surface area contributed by atoms with Gasteiger partial charge in [-0.2, -0.15) is 18.4 Å². The first-order chi connectivity index (χ1) is 11.0. The number of nitrogens with zero attached hydrogens (tertiary/aromatic N) is 1. The van der Waals surface area contributed by atoms with Crippen LogP contribution in [0.4, 0.5) is 4.79 Å². The molecule has 0 fully saturated rings. The molecule has 130 valence electrons. The standard InChI is InChI=1S/C15H18ClN3O4S/c1-15(2,3)23-14(20)19-24(21,22)18-12-5-4-10-6-9(8-17)7-11(16)13(10)12/h6-7,12,18H,4-5H2,1-3H3,(H,19,20). The van der Waals surface area contributed by atoms with Gasteiger partial charge in [-0.3, -0.25) is 0 Å². The number of amides is 1. The molecule has 0 aliphatic heterocycles. The molecular weight excluding hydrogens is 354 g/mol. The van der Waals surface area contributed by atoms with Crippen LogP contribution in [0.15, 0.2) is 12.1 Å². The third-order valence-corrected chi connectivity index (χ3v) is 4.65. The fraction of sp³-hybridized carbons (Fsp3) is 0.467. The minimum Gasteiger partial charge on any atom is -0.443 e. The second-order valence-electron chi connectivity index (χ2n) is 6.46. The third-order valence-electron chi connectivity index (χ3n) is 3.31. The Morgan fingerprint density at radius 2 is 2.08 bits per heavy atom. The number of hydrogen-bond acceptors (Lipinski definition) is 5. The van der Waals surface area contributed by atoms with Crippen LogP contribution >= 0.6 is 11.6 Å². The quantitative estimate of drug-likeness (QED) is 0.848. The minimum absolute atomic E-state index is 0.325. The Kier molecular flexibility index (Phi) is 5.08. The monoisotopic (exact) mass is 371 g/mol. The molecule has 1 amide bonds. The Hall–Kier alpha value is -1.82. The first-order valence-corrected chi connectivity index (χ1v) is 9.12. The number of carbonyl (C=O) groups excluding carboxylic acids is 1. The van der Waals surface area contributed by atoms with E-state index in [-0.39, 0.29) is 0 Å². The van der Waals surface area contributed by atoms with Crippen molar-refractivity contribution in [2.45, 2.75) is 45.3 Å². The van der Waals surface area contributed by atoms with Crippen LogP contribution in [-0.4, -0.2) is 20.1 Å². The SMILES string of the molecule is CC(C)(C)OC(=O)NS(=O)(=O)NC1CCc2cc(C#N)cc(Cl)c21. The van der Waals surface area contributed by atoms with Gasteiger partial charge in [-0.25, -0.2) is 9.52 Å². The van der Waals surface area contributed by atoms with Crippen LogP contribution in [0.5, 0.6) is 0 Å². The predicted molar refractivity (Wildman–Crippen MR) is 88.7 cm³/mol. The molecule has 2 rings (SSSR count). The summed E-state index contributed by atoms with van der Waals surface area (Å²) in [6.07, 6.45) is 0.0164. The van der Waals surface area contributed by atoms with Crippen molar-refractivity contribution in [2.24, 2.45) is 0 Å². The second kappa shape index (κ2) is 6.59. The van der Waals surface area contributed by atoms with Crippen molar-refractivity contribution in [3.63, 3.8) is 0 Å². The van der Waals surface area contributed by atoms with E-state index >= 15 is 0 Å². The molecule has 1 aromatic carbocycles. The minimum atomic E-state index is -4.11. The highest BCUT2D eigenvalue weighted by molar-refractivity contribution is 7.88. The summed E-state index contributed by atoms with van der Waals surface area (Å²) in [6.45, 7) is 4.89. The van der Waals surface area contributed by atoms with Crippen LogP contribution in [0.3, 0.4) is 0 Å². The summed E-state index contributed by atoms with van der Waals surface area (Å²) in [5.74, 6) is 0. The Balaban J connectivity index is 2.14. The van der Waals surface area contributed by atoms with Gasteiger partial charge in [-0.15, -0.1) is 0 Å². The second-order valence-corrected chi connectivity index (χ2v) is 8.31. The Morgan fingerprint density at radius 3 is 2.67 bits per heavy atom. The molecule has 0 saturated carbocycles. The lowest BCUT2D eigenvalue weighted by atomic mass is 10.1. The van der Waals surface area contributed by atoms with Gasteiger partial charge in [0.2, 0.25) is 0 Å². The number of aryl methyl sites for hydroxylation is 1. The van der Waals surface area contributed by atoms with Gasteiger partial charge in [0.25, 0.3) is 0 Å². The van der Waals surface area contributed by atoms with Crippen molar-refractivity contribution in [2.75, 3.05) is 0 Å². The summed E-state index contributed by atoms with van der Waals surface area (Å²) >= 11 is 6.17. The summed E-state index contributed by atoms with van der Waals surface area (Å²) < 4.78 is 33.4. The average molecular weight is 372 g/mol. The zero-order valence-electron chi connectivity index (χ0n) is 13.5. The first kappa shape index (κ1) is 18.5. The molecule has 0 aromatic heterocycles. The van der Waals surface area contributed by atoms with Crippen molar-refractivity contribution in [3.8, 4) is 6.07 Å². The molecule has 1 aromatic rings.